The van der Waals surface area contributed by atoms with Crippen molar-refractivity contribution >= 4 is 17.9 Å². The second-order valence-corrected chi connectivity index (χ2v) is 16.9. The molecule has 2 unspecified atom stereocenters. The fraction of sp³-hybridized carbons (Fsp3) is 0.938. The second kappa shape index (κ2) is 41.1. The first-order valence-electron chi connectivity index (χ1n) is 23.8. The van der Waals surface area contributed by atoms with Crippen molar-refractivity contribution in [2.45, 2.75) is 265 Å². The molecule has 0 N–H and O–H groups in total. The van der Waals surface area contributed by atoms with Crippen LogP contribution in [0.4, 0.5) is 0 Å². The monoisotopic (exact) mass is 765 g/mol. The smallest absolute Gasteiger partial charge is 0.306 e. The fourth-order valence-electron chi connectivity index (χ4n) is 7.04. The molecule has 3 atom stereocenters. The minimum absolute atomic E-state index is 0.0655. The van der Waals surface area contributed by atoms with Gasteiger partial charge in [0.25, 0.3) is 0 Å². The van der Waals surface area contributed by atoms with E-state index < -0.39 is 6.10 Å². The highest BCUT2D eigenvalue weighted by atomic mass is 16.6. The summed E-state index contributed by atoms with van der Waals surface area (Å²) in [7, 11) is 0. The molecule has 0 bridgehead atoms. The molecule has 54 heavy (non-hydrogen) atoms. The summed E-state index contributed by atoms with van der Waals surface area (Å²) in [5, 5.41) is 0. The minimum Gasteiger partial charge on any atom is -0.462 e. The first kappa shape index (κ1) is 52.4. The van der Waals surface area contributed by atoms with E-state index in [0.29, 0.717) is 19.3 Å². The molecule has 0 aliphatic heterocycles. The number of esters is 3. The van der Waals surface area contributed by atoms with Crippen molar-refractivity contribution in [3.8, 4) is 0 Å². The number of rotatable bonds is 42. The fourth-order valence-corrected chi connectivity index (χ4v) is 7.04. The van der Waals surface area contributed by atoms with E-state index in [1.54, 1.807) is 0 Å². The van der Waals surface area contributed by atoms with Gasteiger partial charge in [0.15, 0.2) is 6.10 Å². The molecular weight excluding hydrogens is 673 g/mol. The molecule has 0 aromatic heterocycles. The Balaban J connectivity index is 4.33. The van der Waals surface area contributed by atoms with E-state index in [0.717, 1.165) is 69.6 Å². The lowest BCUT2D eigenvalue weighted by Gasteiger charge is -2.18. The van der Waals surface area contributed by atoms with Crippen LogP contribution in [0.3, 0.4) is 0 Å². The first-order valence-corrected chi connectivity index (χ1v) is 23.8. The Kier molecular flexibility index (Phi) is 39.8. The molecule has 0 heterocycles. The van der Waals surface area contributed by atoms with Gasteiger partial charge in [-0.15, -0.1) is 0 Å². The van der Waals surface area contributed by atoms with Gasteiger partial charge < -0.3 is 14.2 Å². The minimum atomic E-state index is -0.761. The molecule has 0 rings (SSSR count). The highest BCUT2D eigenvalue weighted by Gasteiger charge is 2.19. The zero-order valence-electron chi connectivity index (χ0n) is 36.8. The van der Waals surface area contributed by atoms with E-state index in [-0.39, 0.29) is 31.1 Å². The Labute approximate surface area is 336 Å². The number of carbonyl (C=O) groups excluding carboxylic acids is 3. The van der Waals surface area contributed by atoms with E-state index in [4.69, 9.17) is 14.2 Å². The quantitative estimate of drug-likeness (QED) is 0.0350. The van der Waals surface area contributed by atoms with Crippen molar-refractivity contribution in [3.63, 3.8) is 0 Å². The Morgan fingerprint density at radius 3 is 0.963 bits per heavy atom. The van der Waals surface area contributed by atoms with Crippen LogP contribution < -0.4 is 0 Å². The number of hydrogen-bond acceptors (Lipinski definition) is 6. The number of unbranched alkanes of at least 4 members (excludes halogenated alkanes) is 25. The molecule has 6 nitrogen and oxygen atoms in total. The molecule has 0 radical (unpaired) electrons. The van der Waals surface area contributed by atoms with Crippen LogP contribution in [0.5, 0.6) is 0 Å². The molecule has 0 aromatic carbocycles. The molecule has 0 fully saturated rings. The number of ether oxygens (including phenoxy) is 3. The van der Waals surface area contributed by atoms with Gasteiger partial charge >= 0.3 is 17.9 Å². The van der Waals surface area contributed by atoms with Crippen molar-refractivity contribution < 1.29 is 28.6 Å². The van der Waals surface area contributed by atoms with Gasteiger partial charge in [0.1, 0.15) is 13.2 Å². The van der Waals surface area contributed by atoms with Crippen molar-refractivity contribution in [2.75, 3.05) is 13.2 Å². The van der Waals surface area contributed by atoms with Gasteiger partial charge in [-0.05, 0) is 31.1 Å². The predicted molar refractivity (Wildman–Crippen MR) is 229 cm³/mol. The van der Waals surface area contributed by atoms with Gasteiger partial charge in [0.05, 0.1) is 0 Å². The van der Waals surface area contributed by atoms with Crippen LogP contribution in [0.15, 0.2) is 0 Å². The van der Waals surface area contributed by atoms with Gasteiger partial charge in [0, 0.05) is 19.3 Å². The highest BCUT2D eigenvalue weighted by Crippen LogP contribution is 2.17. The van der Waals surface area contributed by atoms with Crippen LogP contribution >= 0.6 is 0 Å². The van der Waals surface area contributed by atoms with Crippen molar-refractivity contribution in [1.82, 2.24) is 0 Å². The van der Waals surface area contributed by atoms with Crippen molar-refractivity contribution in [3.05, 3.63) is 0 Å². The van der Waals surface area contributed by atoms with Crippen LogP contribution in [0.1, 0.15) is 259 Å². The third-order valence-corrected chi connectivity index (χ3v) is 11.4. The maximum absolute atomic E-state index is 12.7. The molecular formula is C48H92O6. The van der Waals surface area contributed by atoms with Gasteiger partial charge in [-0.1, -0.05) is 221 Å². The third kappa shape index (κ3) is 38.7. The van der Waals surface area contributed by atoms with Crippen LogP contribution in [-0.2, 0) is 28.6 Å². The normalized spacial score (nSPS) is 13.1. The highest BCUT2D eigenvalue weighted by molar-refractivity contribution is 5.71. The summed E-state index contributed by atoms with van der Waals surface area (Å²) in [6.45, 7) is 11.3. The first-order chi connectivity index (χ1) is 26.3. The summed E-state index contributed by atoms with van der Waals surface area (Å²) in [5.41, 5.74) is 0. The lowest BCUT2D eigenvalue weighted by Crippen LogP contribution is -2.30. The lowest BCUT2D eigenvalue weighted by atomic mass is 9.99. The Morgan fingerprint density at radius 2 is 0.648 bits per heavy atom. The lowest BCUT2D eigenvalue weighted by molar-refractivity contribution is -0.167. The largest absolute Gasteiger partial charge is 0.462 e. The Bertz CT molecular complexity index is 828. The molecule has 320 valence electrons. The summed E-state index contributed by atoms with van der Waals surface area (Å²) in [6.07, 6.45) is 39.4. The molecule has 0 spiro atoms. The molecule has 0 aromatic rings. The Hall–Kier alpha value is -1.59. The second-order valence-electron chi connectivity index (χ2n) is 16.9. The van der Waals surface area contributed by atoms with E-state index >= 15 is 0 Å². The van der Waals surface area contributed by atoms with Gasteiger partial charge in [-0.3, -0.25) is 14.4 Å². The molecule has 0 saturated heterocycles. The predicted octanol–water partition coefficient (Wildman–Crippen LogP) is 15.0. The average molecular weight is 765 g/mol. The van der Waals surface area contributed by atoms with E-state index in [1.807, 2.05) is 0 Å². The molecule has 0 amide bonds. The summed E-state index contributed by atoms with van der Waals surface area (Å²) >= 11 is 0. The standard InChI is InChI=1S/C48H92O6/c1-6-9-10-11-12-13-14-15-16-17-18-22-28-33-38-46(49)52-41-45(54-48(51)40-35-30-25-24-27-32-37-44(5)8-3)42-53-47(50)39-34-29-23-20-19-21-26-31-36-43(4)7-2/h43-45H,6-42H2,1-5H3/t43?,44?,45-/m1/s1. The van der Waals surface area contributed by atoms with E-state index in [2.05, 4.69) is 34.6 Å². The van der Waals surface area contributed by atoms with E-state index in [9.17, 15) is 14.4 Å². The average Bonchev–Trinajstić information content (AvgIpc) is 3.17. The maximum atomic E-state index is 12.7. The topological polar surface area (TPSA) is 78.9 Å². The molecule has 0 aliphatic rings. The van der Waals surface area contributed by atoms with Crippen LogP contribution in [0.2, 0.25) is 0 Å². The maximum Gasteiger partial charge on any atom is 0.306 e. The Morgan fingerprint density at radius 1 is 0.370 bits per heavy atom. The molecule has 6 heteroatoms. The molecule has 0 saturated carbocycles. The zero-order valence-corrected chi connectivity index (χ0v) is 36.8. The summed E-state index contributed by atoms with van der Waals surface area (Å²) in [5.74, 6) is 0.799. The number of carbonyl (C=O) groups is 3. The summed E-state index contributed by atoms with van der Waals surface area (Å²) < 4.78 is 16.7. The van der Waals surface area contributed by atoms with Crippen molar-refractivity contribution in [2.24, 2.45) is 11.8 Å². The van der Waals surface area contributed by atoms with Crippen LogP contribution in [-0.4, -0.2) is 37.2 Å². The summed E-state index contributed by atoms with van der Waals surface area (Å²) in [6, 6.07) is 0. The van der Waals surface area contributed by atoms with Crippen LogP contribution in [0, 0.1) is 11.8 Å². The zero-order chi connectivity index (χ0) is 39.7. The number of hydrogen-bond donors (Lipinski definition) is 0. The SMILES string of the molecule is CCCCCCCCCCCCCCCCC(=O)OC[C@H](COC(=O)CCCCCCCCCCC(C)CC)OC(=O)CCCCCCCCC(C)CC. The van der Waals surface area contributed by atoms with Gasteiger partial charge in [-0.25, -0.2) is 0 Å². The van der Waals surface area contributed by atoms with Crippen molar-refractivity contribution in [1.29, 1.82) is 0 Å². The summed E-state index contributed by atoms with van der Waals surface area (Å²) in [4.78, 5) is 37.8. The van der Waals surface area contributed by atoms with E-state index in [1.165, 1.54) is 148 Å². The molecule has 0 aliphatic carbocycles. The van der Waals surface area contributed by atoms with Gasteiger partial charge in [-0.2, -0.15) is 0 Å². The van der Waals surface area contributed by atoms with Gasteiger partial charge in [0.2, 0.25) is 0 Å². The third-order valence-electron chi connectivity index (χ3n) is 11.4. The van der Waals surface area contributed by atoms with Crippen LogP contribution in [0.25, 0.3) is 0 Å².